The Labute approximate surface area is 94.7 Å². The molecule has 15 heavy (non-hydrogen) atoms. The van der Waals surface area contributed by atoms with Crippen LogP contribution in [0.4, 0.5) is 0 Å². The van der Waals surface area contributed by atoms with Gasteiger partial charge in [-0.25, -0.2) is 9.59 Å². The van der Waals surface area contributed by atoms with Crippen molar-refractivity contribution in [2.45, 2.75) is 0 Å². The Kier molecular flexibility index (Phi) is 3.88. The summed E-state index contributed by atoms with van der Waals surface area (Å²) in [5, 5.41) is 10.5. The van der Waals surface area contributed by atoms with Gasteiger partial charge in [0.1, 0.15) is 9.91 Å². The fourth-order valence-electron chi connectivity index (χ4n) is 0.879. The number of hydrogen-bond donors (Lipinski definition) is 1. The Hall–Kier alpha value is -1.33. The largest absolute Gasteiger partial charge is 0.477 e. The summed E-state index contributed by atoms with van der Waals surface area (Å²) in [6.45, 7) is 0. The predicted molar refractivity (Wildman–Crippen MR) is 57.0 cm³/mol. The predicted octanol–water partition coefficient (Wildman–Crippen LogP) is 2.04. The first-order chi connectivity index (χ1) is 7.06. The maximum atomic E-state index is 11.1. The van der Waals surface area contributed by atoms with Gasteiger partial charge in [-0.15, -0.1) is 11.3 Å². The molecule has 0 aliphatic carbocycles. The summed E-state index contributed by atoms with van der Waals surface area (Å²) >= 11 is 7.02. The van der Waals surface area contributed by atoms with Gasteiger partial charge in [-0.2, -0.15) is 0 Å². The van der Waals surface area contributed by atoms with Crippen molar-refractivity contribution in [2.75, 3.05) is 7.11 Å². The van der Waals surface area contributed by atoms with Crippen molar-refractivity contribution in [1.29, 1.82) is 0 Å². The normalized spacial score (nSPS) is 11.2. The highest BCUT2D eigenvalue weighted by Crippen LogP contribution is 2.25. The van der Waals surface area contributed by atoms with E-state index in [1.54, 1.807) is 11.4 Å². The Morgan fingerprint density at radius 3 is 2.67 bits per heavy atom. The molecule has 1 aromatic heterocycles. The smallest absolute Gasteiger partial charge is 0.345 e. The van der Waals surface area contributed by atoms with Crippen molar-refractivity contribution in [2.24, 2.45) is 0 Å². The van der Waals surface area contributed by atoms with Crippen LogP contribution in [0, 0.1) is 0 Å². The Morgan fingerprint density at radius 2 is 2.27 bits per heavy atom. The summed E-state index contributed by atoms with van der Waals surface area (Å²) in [5.74, 6) is -2.24. The summed E-state index contributed by atoms with van der Waals surface area (Å²) in [4.78, 5) is 21.8. The quantitative estimate of drug-likeness (QED) is 0.384. The van der Waals surface area contributed by atoms with Crippen LogP contribution in [0.5, 0.6) is 0 Å². The average Bonchev–Trinajstić information content (AvgIpc) is 2.59. The molecule has 0 radical (unpaired) electrons. The van der Waals surface area contributed by atoms with Gasteiger partial charge in [0.2, 0.25) is 0 Å². The van der Waals surface area contributed by atoms with Crippen molar-refractivity contribution >= 4 is 41.0 Å². The first kappa shape index (κ1) is 11.7. The van der Waals surface area contributed by atoms with E-state index >= 15 is 0 Å². The van der Waals surface area contributed by atoms with Crippen LogP contribution in [0.3, 0.4) is 0 Å². The van der Waals surface area contributed by atoms with E-state index in [-0.39, 0.29) is 0 Å². The molecule has 0 atom stereocenters. The minimum Gasteiger partial charge on any atom is -0.477 e. The molecule has 0 saturated carbocycles. The molecule has 0 spiro atoms. The average molecular weight is 247 g/mol. The van der Waals surface area contributed by atoms with Gasteiger partial charge < -0.3 is 9.84 Å². The van der Waals surface area contributed by atoms with E-state index in [0.29, 0.717) is 9.90 Å². The van der Waals surface area contributed by atoms with E-state index < -0.39 is 17.5 Å². The summed E-state index contributed by atoms with van der Waals surface area (Å²) in [7, 11) is 1.12. The van der Waals surface area contributed by atoms with E-state index in [1.807, 2.05) is 0 Å². The molecule has 0 amide bonds. The van der Waals surface area contributed by atoms with E-state index in [1.165, 1.54) is 17.4 Å². The molecule has 0 fully saturated rings. The summed E-state index contributed by atoms with van der Waals surface area (Å²) in [6, 6.07) is 1.62. The third-order valence-corrected chi connectivity index (χ3v) is 2.78. The summed E-state index contributed by atoms with van der Waals surface area (Å²) in [5.41, 5.74) is 0.0438. The Morgan fingerprint density at radius 1 is 1.60 bits per heavy atom. The highest BCUT2D eigenvalue weighted by Gasteiger charge is 2.18. The minimum atomic E-state index is -1.34. The van der Waals surface area contributed by atoms with Gasteiger partial charge in [0.05, 0.1) is 7.11 Å². The van der Waals surface area contributed by atoms with E-state index in [9.17, 15) is 9.59 Å². The van der Waals surface area contributed by atoms with Gasteiger partial charge in [-0.05, 0) is 17.5 Å². The molecule has 0 saturated heterocycles. The SMILES string of the molecule is COC(=O)/C(=C\c1ccsc1Cl)C(=O)O. The van der Waals surface area contributed by atoms with Crippen molar-refractivity contribution < 1.29 is 19.4 Å². The standard InChI is InChI=1S/C9H7ClO4S/c1-14-9(13)6(8(11)12)4-5-2-3-15-7(5)10/h2-4H,1H3,(H,11,12)/b6-4-. The van der Waals surface area contributed by atoms with Crippen LogP contribution >= 0.6 is 22.9 Å². The molecular formula is C9H7ClO4S. The number of carboxylic acids is 1. The maximum absolute atomic E-state index is 11.1. The maximum Gasteiger partial charge on any atom is 0.345 e. The molecule has 1 heterocycles. The second-order valence-corrected chi connectivity index (χ2v) is 4.02. The number of ether oxygens (including phenoxy) is 1. The number of rotatable bonds is 3. The van der Waals surface area contributed by atoms with Crippen molar-refractivity contribution in [1.82, 2.24) is 0 Å². The second-order valence-electron chi connectivity index (χ2n) is 2.50. The number of halogens is 1. The molecular weight excluding hydrogens is 240 g/mol. The van der Waals surface area contributed by atoms with Crippen LogP contribution in [0.25, 0.3) is 6.08 Å². The van der Waals surface area contributed by atoms with E-state index in [0.717, 1.165) is 7.11 Å². The molecule has 0 unspecified atom stereocenters. The summed E-state index contributed by atoms with van der Waals surface area (Å²) < 4.78 is 4.76. The van der Waals surface area contributed by atoms with Gasteiger partial charge in [-0.3, -0.25) is 0 Å². The Balaban J connectivity index is 3.10. The molecule has 6 heteroatoms. The number of aliphatic carboxylic acids is 1. The van der Waals surface area contributed by atoms with Gasteiger partial charge in [0, 0.05) is 5.56 Å². The first-order valence-electron chi connectivity index (χ1n) is 3.82. The molecule has 0 bridgehead atoms. The van der Waals surface area contributed by atoms with Crippen LogP contribution in [-0.2, 0) is 14.3 Å². The minimum absolute atomic E-state index is 0.428. The van der Waals surface area contributed by atoms with Gasteiger partial charge in [0.15, 0.2) is 0 Å². The highest BCUT2D eigenvalue weighted by molar-refractivity contribution is 7.14. The lowest BCUT2D eigenvalue weighted by Crippen LogP contribution is -2.13. The fraction of sp³-hybridized carbons (Fsp3) is 0.111. The third-order valence-electron chi connectivity index (χ3n) is 1.58. The number of carbonyl (C=O) groups is 2. The lowest BCUT2D eigenvalue weighted by Gasteiger charge is -1.99. The van der Waals surface area contributed by atoms with Gasteiger partial charge >= 0.3 is 11.9 Å². The molecule has 0 aliphatic rings. The number of thiophene rings is 1. The van der Waals surface area contributed by atoms with Gasteiger partial charge in [-0.1, -0.05) is 11.6 Å². The number of methoxy groups -OCH3 is 1. The van der Waals surface area contributed by atoms with E-state index in [4.69, 9.17) is 16.7 Å². The van der Waals surface area contributed by atoms with Crippen LogP contribution in [0.15, 0.2) is 17.0 Å². The van der Waals surface area contributed by atoms with Crippen molar-refractivity contribution in [3.63, 3.8) is 0 Å². The topological polar surface area (TPSA) is 63.6 Å². The molecule has 1 rings (SSSR count). The highest BCUT2D eigenvalue weighted by atomic mass is 35.5. The van der Waals surface area contributed by atoms with Gasteiger partial charge in [0.25, 0.3) is 0 Å². The zero-order valence-corrected chi connectivity index (χ0v) is 9.26. The van der Waals surface area contributed by atoms with Crippen LogP contribution in [0.2, 0.25) is 4.34 Å². The molecule has 0 aliphatic heterocycles. The third kappa shape index (κ3) is 2.81. The van der Waals surface area contributed by atoms with Crippen LogP contribution in [0.1, 0.15) is 5.56 Å². The zero-order valence-electron chi connectivity index (χ0n) is 7.69. The van der Waals surface area contributed by atoms with Crippen molar-refractivity contribution in [3.8, 4) is 0 Å². The second kappa shape index (κ2) is 4.95. The molecule has 1 N–H and O–H groups in total. The lowest BCUT2D eigenvalue weighted by molar-refractivity contribution is -0.142. The molecule has 80 valence electrons. The van der Waals surface area contributed by atoms with Crippen LogP contribution in [-0.4, -0.2) is 24.2 Å². The Bertz CT molecular complexity index is 422. The number of carboxylic acid groups (broad SMARTS) is 1. The number of carbonyl (C=O) groups excluding carboxylic acids is 1. The monoisotopic (exact) mass is 246 g/mol. The molecule has 1 aromatic rings. The first-order valence-corrected chi connectivity index (χ1v) is 5.08. The van der Waals surface area contributed by atoms with Crippen molar-refractivity contribution in [3.05, 3.63) is 26.9 Å². The summed E-state index contributed by atoms with van der Waals surface area (Å²) in [6.07, 6.45) is 1.19. The molecule has 0 aromatic carbocycles. The number of hydrogen-bond acceptors (Lipinski definition) is 4. The fourth-order valence-corrected chi connectivity index (χ4v) is 1.75. The van der Waals surface area contributed by atoms with Crippen LogP contribution < -0.4 is 0 Å². The zero-order chi connectivity index (χ0) is 11.4. The van der Waals surface area contributed by atoms with E-state index in [2.05, 4.69) is 4.74 Å². The lowest BCUT2D eigenvalue weighted by atomic mass is 10.2. The molecule has 4 nitrogen and oxygen atoms in total. The number of esters is 1.